The van der Waals surface area contributed by atoms with E-state index in [9.17, 15) is 9.18 Å². The minimum atomic E-state index is -0.391. The maximum Gasteiger partial charge on any atom is 0.260 e. The molecule has 1 heterocycles. The van der Waals surface area contributed by atoms with Crippen LogP contribution in [-0.4, -0.2) is 38.2 Å². The summed E-state index contributed by atoms with van der Waals surface area (Å²) < 4.78 is 29.2. The van der Waals surface area contributed by atoms with Crippen molar-refractivity contribution in [2.24, 2.45) is 0 Å². The van der Waals surface area contributed by atoms with E-state index in [-0.39, 0.29) is 12.5 Å². The largest absolute Gasteiger partial charge is 0.493 e. The molecule has 132 valence electrons. The Kier molecular flexibility index (Phi) is 5.07. The van der Waals surface area contributed by atoms with E-state index >= 15 is 0 Å². The van der Waals surface area contributed by atoms with Crippen molar-refractivity contribution in [1.29, 1.82) is 0 Å². The van der Waals surface area contributed by atoms with Crippen molar-refractivity contribution in [2.75, 3.05) is 27.4 Å². The highest BCUT2D eigenvalue weighted by Crippen LogP contribution is 2.33. The second kappa shape index (κ2) is 7.42. The summed E-state index contributed by atoms with van der Waals surface area (Å²) in [4.78, 5) is 14.1. The van der Waals surface area contributed by atoms with Crippen molar-refractivity contribution in [3.63, 3.8) is 0 Å². The van der Waals surface area contributed by atoms with Crippen LogP contribution in [0.1, 0.15) is 11.1 Å². The van der Waals surface area contributed by atoms with Crippen LogP contribution in [0, 0.1) is 5.82 Å². The quantitative estimate of drug-likeness (QED) is 0.836. The fourth-order valence-corrected chi connectivity index (χ4v) is 2.89. The van der Waals surface area contributed by atoms with E-state index in [1.165, 1.54) is 12.1 Å². The number of hydrogen-bond donors (Lipinski definition) is 0. The zero-order valence-corrected chi connectivity index (χ0v) is 14.3. The van der Waals surface area contributed by atoms with Crippen molar-refractivity contribution in [3.8, 4) is 17.2 Å². The summed E-state index contributed by atoms with van der Waals surface area (Å²) in [6, 6.07) is 9.62. The SMILES string of the molecule is COc1cc2c(cc1OC)CN(C(=O)COc1cccc(F)c1)CC2. The Balaban J connectivity index is 1.66. The van der Waals surface area contributed by atoms with Gasteiger partial charge >= 0.3 is 0 Å². The zero-order valence-electron chi connectivity index (χ0n) is 14.3. The Morgan fingerprint density at radius 3 is 2.52 bits per heavy atom. The molecule has 0 atom stereocenters. The van der Waals surface area contributed by atoms with Gasteiger partial charge in [0.15, 0.2) is 18.1 Å². The van der Waals surface area contributed by atoms with Gasteiger partial charge in [-0.3, -0.25) is 4.79 Å². The summed E-state index contributed by atoms with van der Waals surface area (Å²) in [5, 5.41) is 0. The minimum absolute atomic E-state index is 0.119. The van der Waals surface area contributed by atoms with Gasteiger partial charge < -0.3 is 19.1 Å². The van der Waals surface area contributed by atoms with E-state index in [1.54, 1.807) is 31.3 Å². The van der Waals surface area contributed by atoms with E-state index < -0.39 is 5.82 Å². The van der Waals surface area contributed by atoms with E-state index in [4.69, 9.17) is 14.2 Å². The third-order valence-electron chi connectivity index (χ3n) is 4.23. The van der Waals surface area contributed by atoms with Crippen LogP contribution in [0.3, 0.4) is 0 Å². The first kappa shape index (κ1) is 17.1. The molecule has 6 heteroatoms. The highest BCUT2D eigenvalue weighted by Gasteiger charge is 2.23. The fourth-order valence-electron chi connectivity index (χ4n) is 2.89. The van der Waals surface area contributed by atoms with E-state index in [0.717, 1.165) is 17.5 Å². The van der Waals surface area contributed by atoms with Crippen LogP contribution in [0.5, 0.6) is 17.2 Å². The molecule has 0 bridgehead atoms. The Morgan fingerprint density at radius 1 is 1.12 bits per heavy atom. The number of ether oxygens (including phenoxy) is 3. The normalized spacial score (nSPS) is 13.2. The van der Waals surface area contributed by atoms with E-state index in [2.05, 4.69) is 0 Å². The Morgan fingerprint density at radius 2 is 1.84 bits per heavy atom. The highest BCUT2D eigenvalue weighted by molar-refractivity contribution is 5.78. The molecule has 0 saturated heterocycles. The Bertz CT molecular complexity index is 778. The average Bonchev–Trinajstić information content (AvgIpc) is 2.64. The van der Waals surface area contributed by atoms with Gasteiger partial charge in [0.2, 0.25) is 0 Å². The molecule has 2 aromatic carbocycles. The molecule has 25 heavy (non-hydrogen) atoms. The summed E-state index contributed by atoms with van der Waals surface area (Å²) in [5.74, 6) is 1.15. The predicted octanol–water partition coefficient (Wildman–Crippen LogP) is 2.81. The van der Waals surface area contributed by atoms with Crippen molar-refractivity contribution in [1.82, 2.24) is 4.90 Å². The van der Waals surface area contributed by atoms with Crippen LogP contribution >= 0.6 is 0 Å². The Hall–Kier alpha value is -2.76. The lowest BCUT2D eigenvalue weighted by Crippen LogP contribution is -2.38. The number of nitrogens with zero attached hydrogens (tertiary/aromatic N) is 1. The van der Waals surface area contributed by atoms with Gasteiger partial charge in [-0.15, -0.1) is 0 Å². The standard InChI is InChI=1S/C19H20FNO4/c1-23-17-8-13-6-7-21(11-14(13)9-18(17)24-2)19(22)12-25-16-5-3-4-15(20)10-16/h3-5,8-10H,6-7,11-12H2,1-2H3. The molecule has 0 saturated carbocycles. The van der Waals surface area contributed by atoms with Gasteiger partial charge in [0.1, 0.15) is 11.6 Å². The van der Waals surface area contributed by atoms with Crippen molar-refractivity contribution in [2.45, 2.75) is 13.0 Å². The molecule has 0 spiro atoms. The van der Waals surface area contributed by atoms with Crippen LogP contribution in [0.4, 0.5) is 4.39 Å². The van der Waals surface area contributed by atoms with Crippen molar-refractivity contribution in [3.05, 3.63) is 53.3 Å². The maximum absolute atomic E-state index is 13.1. The van der Waals surface area contributed by atoms with E-state index in [1.807, 2.05) is 12.1 Å². The fraction of sp³-hybridized carbons (Fsp3) is 0.316. The number of halogens is 1. The number of amides is 1. The van der Waals surface area contributed by atoms with Crippen molar-refractivity contribution < 1.29 is 23.4 Å². The van der Waals surface area contributed by atoms with Gasteiger partial charge in [-0.1, -0.05) is 6.07 Å². The third kappa shape index (κ3) is 3.84. The molecule has 0 aliphatic carbocycles. The molecule has 2 aromatic rings. The summed E-state index contributed by atoms with van der Waals surface area (Å²) in [6.45, 7) is 0.973. The number of benzene rings is 2. The predicted molar refractivity (Wildman–Crippen MR) is 90.6 cm³/mol. The number of hydrogen-bond acceptors (Lipinski definition) is 4. The van der Waals surface area contributed by atoms with Crippen molar-refractivity contribution >= 4 is 5.91 Å². The molecule has 0 fully saturated rings. The molecule has 1 amide bonds. The summed E-state index contributed by atoms with van der Waals surface area (Å²) >= 11 is 0. The molecular weight excluding hydrogens is 325 g/mol. The monoisotopic (exact) mass is 345 g/mol. The smallest absolute Gasteiger partial charge is 0.260 e. The second-order valence-corrected chi connectivity index (χ2v) is 5.79. The van der Waals surface area contributed by atoms with Crippen LogP contribution in [0.25, 0.3) is 0 Å². The summed E-state index contributed by atoms with van der Waals surface area (Å²) in [6.07, 6.45) is 0.737. The molecule has 3 rings (SSSR count). The third-order valence-corrected chi connectivity index (χ3v) is 4.23. The number of methoxy groups -OCH3 is 2. The first-order valence-corrected chi connectivity index (χ1v) is 8.00. The highest BCUT2D eigenvalue weighted by atomic mass is 19.1. The van der Waals surface area contributed by atoms with Gasteiger partial charge in [0.25, 0.3) is 5.91 Å². The lowest BCUT2D eigenvalue weighted by atomic mass is 9.99. The lowest BCUT2D eigenvalue weighted by Gasteiger charge is -2.29. The first-order valence-electron chi connectivity index (χ1n) is 8.00. The minimum Gasteiger partial charge on any atom is -0.493 e. The van der Waals surface area contributed by atoms with Crippen LogP contribution in [0.2, 0.25) is 0 Å². The second-order valence-electron chi connectivity index (χ2n) is 5.79. The van der Waals surface area contributed by atoms with Gasteiger partial charge in [0, 0.05) is 19.2 Å². The van der Waals surface area contributed by atoms with Crippen LogP contribution < -0.4 is 14.2 Å². The molecule has 1 aliphatic rings. The van der Waals surface area contributed by atoms with E-state index in [0.29, 0.717) is 30.3 Å². The molecule has 1 aliphatic heterocycles. The summed E-state index contributed by atoms with van der Waals surface area (Å²) in [7, 11) is 3.19. The average molecular weight is 345 g/mol. The van der Waals surface area contributed by atoms with Gasteiger partial charge in [0.05, 0.1) is 14.2 Å². The van der Waals surface area contributed by atoms with Gasteiger partial charge in [-0.05, 0) is 41.8 Å². The number of fused-ring (bicyclic) bond motifs is 1. The van der Waals surface area contributed by atoms with Crippen LogP contribution in [0.15, 0.2) is 36.4 Å². The van der Waals surface area contributed by atoms with Crippen LogP contribution in [-0.2, 0) is 17.8 Å². The number of carbonyl (C=O) groups is 1. The molecule has 0 N–H and O–H groups in total. The zero-order chi connectivity index (χ0) is 17.8. The van der Waals surface area contributed by atoms with Gasteiger partial charge in [-0.2, -0.15) is 0 Å². The topological polar surface area (TPSA) is 48.0 Å². The molecule has 0 unspecified atom stereocenters. The lowest BCUT2D eigenvalue weighted by molar-refractivity contribution is -0.134. The number of rotatable bonds is 5. The van der Waals surface area contributed by atoms with Gasteiger partial charge in [-0.25, -0.2) is 4.39 Å². The maximum atomic E-state index is 13.1. The summed E-state index contributed by atoms with van der Waals surface area (Å²) in [5.41, 5.74) is 2.18. The first-order chi connectivity index (χ1) is 12.1. The molecule has 0 aromatic heterocycles. The Labute approximate surface area is 145 Å². The molecule has 0 radical (unpaired) electrons. The number of carbonyl (C=O) groups excluding carboxylic acids is 1. The molecule has 5 nitrogen and oxygen atoms in total. The molecular formula is C19H20FNO4.